The van der Waals surface area contributed by atoms with Gasteiger partial charge in [-0.2, -0.15) is 0 Å². The number of hydrogen-bond acceptors (Lipinski definition) is 2. The normalized spacial score (nSPS) is 19.2. The van der Waals surface area contributed by atoms with E-state index in [1.54, 1.807) is 0 Å². The fourth-order valence-corrected chi connectivity index (χ4v) is 2.46. The first kappa shape index (κ1) is 12.2. The van der Waals surface area contributed by atoms with Crippen LogP contribution in [0.15, 0.2) is 12.3 Å². The molecule has 0 fully saturated rings. The van der Waals surface area contributed by atoms with Crippen LogP contribution in [0.25, 0.3) is 0 Å². The van der Waals surface area contributed by atoms with E-state index < -0.39 is 0 Å². The fraction of sp³-hybridized carbons (Fsp3) is 0.615. The number of rotatable bonds is 3. The molecule has 0 saturated carbocycles. The molecule has 0 radical (unpaired) electrons. The molecule has 1 unspecified atom stereocenters. The van der Waals surface area contributed by atoms with Crippen molar-refractivity contribution in [1.29, 1.82) is 0 Å². The third kappa shape index (κ3) is 2.69. The van der Waals surface area contributed by atoms with Gasteiger partial charge in [0.2, 0.25) is 5.91 Å². The average Bonchev–Trinajstić information content (AvgIpc) is 2.62. The first-order valence-corrected chi connectivity index (χ1v) is 6.30. The minimum Gasteiger partial charge on any atom is -0.352 e. The van der Waals surface area contributed by atoms with Gasteiger partial charge in [0, 0.05) is 24.0 Å². The number of fused-ring (bicyclic) bond motifs is 1. The number of aromatic nitrogens is 1. The van der Waals surface area contributed by atoms with Crippen LogP contribution in [0.5, 0.6) is 0 Å². The Morgan fingerprint density at radius 3 is 3.12 bits per heavy atom. The predicted molar refractivity (Wildman–Crippen MR) is 67.6 cm³/mol. The van der Waals surface area contributed by atoms with Gasteiger partial charge >= 0.3 is 0 Å². The molecule has 17 heavy (non-hydrogen) atoms. The van der Waals surface area contributed by atoms with E-state index in [2.05, 4.69) is 11.4 Å². The smallest absolute Gasteiger partial charge is 0.240 e. The molecular formula is C13H21N3O. The van der Waals surface area contributed by atoms with Crippen LogP contribution in [-0.2, 0) is 17.8 Å². The molecule has 0 aliphatic heterocycles. The van der Waals surface area contributed by atoms with Crippen molar-refractivity contribution in [1.82, 2.24) is 9.88 Å². The number of amides is 1. The zero-order valence-electron chi connectivity index (χ0n) is 10.6. The molecule has 1 aliphatic rings. The summed E-state index contributed by atoms with van der Waals surface area (Å²) in [7, 11) is 0. The van der Waals surface area contributed by atoms with Crippen LogP contribution >= 0.6 is 0 Å². The Kier molecular flexibility index (Phi) is 3.52. The standard InChI is InChI=1S/C13H21N3O/c1-9(2)15-13(17)8-16-7-6-10-11(14)4-3-5-12(10)16/h6-7,9,11H,3-5,8,14H2,1-2H3,(H,15,17). The van der Waals surface area contributed by atoms with E-state index in [-0.39, 0.29) is 18.0 Å². The second kappa shape index (κ2) is 4.92. The fourth-order valence-electron chi connectivity index (χ4n) is 2.46. The van der Waals surface area contributed by atoms with Gasteiger partial charge in [-0.15, -0.1) is 0 Å². The predicted octanol–water partition coefficient (Wildman–Crippen LogP) is 1.35. The first-order valence-electron chi connectivity index (χ1n) is 6.30. The van der Waals surface area contributed by atoms with Crippen LogP contribution in [0.4, 0.5) is 0 Å². The second-order valence-corrected chi connectivity index (χ2v) is 5.07. The Morgan fingerprint density at radius 2 is 2.41 bits per heavy atom. The summed E-state index contributed by atoms with van der Waals surface area (Å²) in [4.78, 5) is 11.7. The molecule has 1 amide bonds. The molecule has 0 saturated heterocycles. The first-order chi connectivity index (χ1) is 8.08. The van der Waals surface area contributed by atoms with Crippen LogP contribution < -0.4 is 11.1 Å². The van der Waals surface area contributed by atoms with Crippen LogP contribution in [0.2, 0.25) is 0 Å². The highest BCUT2D eigenvalue weighted by Gasteiger charge is 2.20. The van der Waals surface area contributed by atoms with E-state index in [1.807, 2.05) is 24.6 Å². The summed E-state index contributed by atoms with van der Waals surface area (Å²) in [6, 6.07) is 2.39. The second-order valence-electron chi connectivity index (χ2n) is 5.07. The molecule has 2 rings (SSSR count). The summed E-state index contributed by atoms with van der Waals surface area (Å²) in [6.45, 7) is 4.35. The van der Waals surface area contributed by atoms with Gasteiger partial charge in [-0.1, -0.05) is 0 Å². The average molecular weight is 235 g/mol. The van der Waals surface area contributed by atoms with Gasteiger partial charge in [-0.25, -0.2) is 0 Å². The molecule has 94 valence electrons. The lowest BCUT2D eigenvalue weighted by Gasteiger charge is -2.21. The van der Waals surface area contributed by atoms with Crippen molar-refractivity contribution >= 4 is 5.91 Å². The molecule has 3 N–H and O–H groups in total. The Hall–Kier alpha value is -1.29. The number of nitrogens with two attached hydrogens (primary N) is 1. The highest BCUT2D eigenvalue weighted by Crippen LogP contribution is 2.28. The maximum absolute atomic E-state index is 11.7. The zero-order chi connectivity index (χ0) is 12.4. The third-order valence-electron chi connectivity index (χ3n) is 3.21. The SMILES string of the molecule is CC(C)NC(=O)Cn1ccc2c1CCCC2N. The van der Waals surface area contributed by atoms with Crippen molar-refractivity contribution in [3.63, 3.8) is 0 Å². The molecule has 1 atom stereocenters. The van der Waals surface area contributed by atoms with Crippen LogP contribution in [0, 0.1) is 0 Å². The molecule has 1 heterocycles. The topological polar surface area (TPSA) is 60.0 Å². The largest absolute Gasteiger partial charge is 0.352 e. The number of nitrogens with zero attached hydrogens (tertiary/aromatic N) is 1. The summed E-state index contributed by atoms with van der Waals surface area (Å²) < 4.78 is 2.03. The minimum absolute atomic E-state index is 0.0672. The third-order valence-corrected chi connectivity index (χ3v) is 3.21. The molecule has 4 nitrogen and oxygen atoms in total. The van der Waals surface area contributed by atoms with Gasteiger partial charge in [0.05, 0.1) is 0 Å². The lowest BCUT2D eigenvalue weighted by atomic mass is 9.94. The monoisotopic (exact) mass is 235 g/mol. The summed E-state index contributed by atoms with van der Waals surface area (Å²) in [6.07, 6.45) is 5.18. The summed E-state index contributed by atoms with van der Waals surface area (Å²) in [5.74, 6) is 0.0672. The van der Waals surface area contributed by atoms with Crippen LogP contribution in [0.1, 0.15) is 44.0 Å². The highest BCUT2D eigenvalue weighted by atomic mass is 16.2. The van der Waals surface area contributed by atoms with Crippen molar-refractivity contribution in [2.24, 2.45) is 5.73 Å². The van der Waals surface area contributed by atoms with Gasteiger partial charge in [-0.05, 0) is 44.7 Å². The van der Waals surface area contributed by atoms with Crippen molar-refractivity contribution in [2.75, 3.05) is 0 Å². The Morgan fingerprint density at radius 1 is 1.65 bits per heavy atom. The summed E-state index contributed by atoms with van der Waals surface area (Å²) in [5.41, 5.74) is 8.51. The zero-order valence-corrected chi connectivity index (χ0v) is 10.6. The van der Waals surface area contributed by atoms with E-state index in [1.165, 1.54) is 11.3 Å². The van der Waals surface area contributed by atoms with Crippen molar-refractivity contribution in [3.8, 4) is 0 Å². The lowest BCUT2D eigenvalue weighted by Crippen LogP contribution is -2.33. The number of nitrogens with one attached hydrogen (secondary N) is 1. The molecular weight excluding hydrogens is 214 g/mol. The van der Waals surface area contributed by atoms with Gasteiger partial charge in [-0.3, -0.25) is 4.79 Å². The Bertz CT molecular complexity index is 409. The maximum Gasteiger partial charge on any atom is 0.240 e. The van der Waals surface area contributed by atoms with Crippen LogP contribution in [0.3, 0.4) is 0 Å². The molecule has 4 heteroatoms. The lowest BCUT2D eigenvalue weighted by molar-refractivity contribution is -0.122. The van der Waals surface area contributed by atoms with Gasteiger partial charge < -0.3 is 15.6 Å². The van der Waals surface area contributed by atoms with Gasteiger partial charge in [0.15, 0.2) is 0 Å². The van der Waals surface area contributed by atoms with E-state index >= 15 is 0 Å². The van der Waals surface area contributed by atoms with Crippen molar-refractivity contribution in [2.45, 2.75) is 51.7 Å². The van der Waals surface area contributed by atoms with E-state index in [4.69, 9.17) is 5.73 Å². The highest BCUT2D eigenvalue weighted by molar-refractivity contribution is 5.76. The Balaban J connectivity index is 2.10. The molecule has 1 aromatic heterocycles. The minimum atomic E-state index is 0.0672. The maximum atomic E-state index is 11.7. The molecule has 0 bridgehead atoms. The molecule has 0 aromatic carbocycles. The Labute approximate surface area is 102 Å². The van der Waals surface area contributed by atoms with Gasteiger partial charge in [0.1, 0.15) is 6.54 Å². The number of hydrogen-bond donors (Lipinski definition) is 2. The van der Waals surface area contributed by atoms with Gasteiger partial charge in [0.25, 0.3) is 0 Å². The number of carbonyl (C=O) groups is 1. The van der Waals surface area contributed by atoms with E-state index in [0.717, 1.165) is 19.3 Å². The molecule has 1 aromatic rings. The quantitative estimate of drug-likeness (QED) is 0.830. The van der Waals surface area contributed by atoms with Crippen molar-refractivity contribution < 1.29 is 4.79 Å². The number of carbonyl (C=O) groups excluding carboxylic acids is 1. The van der Waals surface area contributed by atoms with E-state index in [0.29, 0.717) is 6.54 Å². The molecule has 0 spiro atoms. The van der Waals surface area contributed by atoms with Crippen molar-refractivity contribution in [3.05, 3.63) is 23.5 Å². The molecule has 1 aliphatic carbocycles. The van der Waals surface area contributed by atoms with E-state index in [9.17, 15) is 4.79 Å². The van der Waals surface area contributed by atoms with Crippen LogP contribution in [-0.4, -0.2) is 16.5 Å². The summed E-state index contributed by atoms with van der Waals surface area (Å²) in [5, 5.41) is 2.91. The summed E-state index contributed by atoms with van der Waals surface area (Å²) >= 11 is 0.